The van der Waals surface area contributed by atoms with Gasteiger partial charge in [0.25, 0.3) is 0 Å². The van der Waals surface area contributed by atoms with Crippen LogP contribution < -0.4 is 40.7 Å². The summed E-state index contributed by atoms with van der Waals surface area (Å²) in [5.74, 6) is -53.3. The summed E-state index contributed by atoms with van der Waals surface area (Å²) in [5, 5.41) is 0. The second-order valence-electron chi connectivity index (χ2n) is 13.5. The van der Waals surface area contributed by atoms with Gasteiger partial charge >= 0.3 is 18.9 Å². The second-order valence-corrected chi connectivity index (χ2v) is 14.3. The number of halogens is 21. The third-order valence-electron chi connectivity index (χ3n) is 10.1. The average molecular weight is 1050 g/mol. The van der Waals surface area contributed by atoms with Crippen molar-refractivity contribution >= 4 is 74.3 Å². The van der Waals surface area contributed by atoms with Crippen LogP contribution >= 0.6 is 15.9 Å². The van der Waals surface area contributed by atoms with Gasteiger partial charge in [-0.05, 0) is 28.8 Å². The first-order chi connectivity index (χ1) is 31.4. The van der Waals surface area contributed by atoms with Crippen LogP contribution in [0.1, 0.15) is 40.7 Å². The van der Waals surface area contributed by atoms with Crippen LogP contribution in [0, 0.1) is 116 Å². The molecule has 0 spiro atoms. The molecule has 0 bridgehead atoms. The Balaban J connectivity index is 0.000000534. The van der Waals surface area contributed by atoms with Crippen LogP contribution in [-0.2, 0) is 4.74 Å². The molecule has 68 heavy (non-hydrogen) atoms. The molecule has 24 heteroatoms. The molecule has 0 atom stereocenters. The summed E-state index contributed by atoms with van der Waals surface area (Å²) >= 11 is 2.38. The summed E-state index contributed by atoms with van der Waals surface area (Å²) in [6.45, 7) is 16.3. The summed E-state index contributed by atoms with van der Waals surface area (Å²) in [5.41, 5.74) is -20.5. The number of rotatable bonds is 9. The van der Waals surface area contributed by atoms with Gasteiger partial charge in [-0.2, -0.15) is 0 Å². The minimum absolute atomic E-state index is 0. The summed E-state index contributed by atoms with van der Waals surface area (Å²) < 4.78 is 307. The van der Waals surface area contributed by atoms with Gasteiger partial charge in [-0.3, -0.25) is 0 Å². The van der Waals surface area contributed by atoms with Crippen molar-refractivity contribution in [3.63, 3.8) is 0 Å². The monoisotopic (exact) mass is 1040 g/mol. The van der Waals surface area contributed by atoms with Gasteiger partial charge in [0.1, 0.15) is 52.7 Å². The van der Waals surface area contributed by atoms with E-state index >= 15 is 70.2 Å². The van der Waals surface area contributed by atoms with E-state index in [4.69, 9.17) is 4.74 Å². The van der Waals surface area contributed by atoms with E-state index < -0.39 is 177 Å². The molecule has 0 aromatic heterocycles. The van der Waals surface area contributed by atoms with Gasteiger partial charge in [-0.25, -0.2) is 87.8 Å². The van der Waals surface area contributed by atoms with Gasteiger partial charge in [0.2, 0.25) is 0 Å². The van der Waals surface area contributed by atoms with E-state index in [2.05, 4.69) is 48.8 Å². The number of ether oxygens (including phenoxy) is 1. The van der Waals surface area contributed by atoms with Crippen LogP contribution in [0.4, 0.5) is 87.8 Å². The van der Waals surface area contributed by atoms with Gasteiger partial charge in [-0.1, -0.05) is 63.3 Å². The third-order valence-corrected chi connectivity index (χ3v) is 10.8. The zero-order chi connectivity index (χ0) is 50.9. The summed E-state index contributed by atoms with van der Waals surface area (Å²) in [6, 6.07) is 0. The smallest absolute Gasteiger partial charge is 0.381 e. The van der Waals surface area contributed by atoms with E-state index in [1.807, 2.05) is 0 Å². The van der Waals surface area contributed by atoms with Gasteiger partial charge < -0.3 is 4.74 Å². The van der Waals surface area contributed by atoms with Crippen LogP contribution in [-0.4, -0.2) is 19.4 Å². The Morgan fingerprint density at radius 2 is 0.471 bits per heavy atom. The molecule has 5 aromatic carbocycles. The molecule has 0 amide bonds. The second kappa shape index (κ2) is 22.3. The SMILES string of the molecule is C1CCOC1.C=Cc1c(F)c(F)c(Br)c(F)c1F.C=Cc1c(F)c(F)c([B-](c2c(F)c(F)c(C=C)c(F)c2F)(c2c(F)c(F)c(C=C)c(F)c2F)c2c(F)c(F)c(C=C)c(F)c2F)c(F)c1F.[Li+]. The molecule has 0 aliphatic carbocycles. The zero-order valence-corrected chi connectivity index (χ0v) is 35.8. The predicted molar refractivity (Wildman–Crippen MR) is 214 cm³/mol. The van der Waals surface area contributed by atoms with Crippen molar-refractivity contribution in [2.75, 3.05) is 13.2 Å². The first-order valence-corrected chi connectivity index (χ1v) is 19.0. The summed E-state index contributed by atoms with van der Waals surface area (Å²) in [6.07, 6.45) is -3.36. The van der Waals surface area contributed by atoms with E-state index in [0.29, 0.717) is 6.08 Å². The average Bonchev–Trinajstić information content (AvgIpc) is 3.90. The minimum atomic E-state index is -6.71. The van der Waals surface area contributed by atoms with Crippen molar-refractivity contribution in [2.24, 2.45) is 0 Å². The Bertz CT molecular complexity index is 2460. The first-order valence-electron chi connectivity index (χ1n) is 18.2. The van der Waals surface area contributed by atoms with Crippen molar-refractivity contribution in [1.82, 2.24) is 0 Å². The molecule has 0 N–H and O–H groups in total. The van der Waals surface area contributed by atoms with Gasteiger partial charge in [0, 0.05) is 13.2 Å². The van der Waals surface area contributed by atoms with Crippen LogP contribution in [0.2, 0.25) is 0 Å². The molecule has 356 valence electrons. The molecule has 5 aromatic rings. The Hall–Kier alpha value is -5.50. The fourth-order valence-corrected chi connectivity index (χ4v) is 7.43. The van der Waals surface area contributed by atoms with Gasteiger partial charge in [0.05, 0.1) is 32.3 Å². The van der Waals surface area contributed by atoms with E-state index in [1.165, 1.54) is 12.8 Å². The molecular formula is C44H23BBrF20LiO. The fraction of sp³-hybridized carbons (Fsp3) is 0.0909. The van der Waals surface area contributed by atoms with Crippen molar-refractivity contribution in [3.8, 4) is 0 Å². The Morgan fingerprint density at radius 1 is 0.309 bits per heavy atom. The van der Waals surface area contributed by atoms with Crippen LogP contribution in [0.15, 0.2) is 37.4 Å². The number of hydrogen-bond acceptors (Lipinski definition) is 1. The van der Waals surface area contributed by atoms with Gasteiger partial charge in [0.15, 0.2) is 69.8 Å². The largest absolute Gasteiger partial charge is 1.00 e. The van der Waals surface area contributed by atoms with E-state index in [9.17, 15) is 17.6 Å². The molecule has 1 aliphatic heterocycles. The summed E-state index contributed by atoms with van der Waals surface area (Å²) in [4.78, 5) is 0. The number of hydrogen-bond donors (Lipinski definition) is 0. The van der Waals surface area contributed by atoms with E-state index in [1.54, 1.807) is 0 Å². The molecule has 1 fully saturated rings. The Morgan fingerprint density at radius 3 is 0.603 bits per heavy atom. The van der Waals surface area contributed by atoms with Crippen molar-refractivity contribution < 1.29 is 111 Å². The van der Waals surface area contributed by atoms with E-state index in [-0.39, 0.29) is 43.2 Å². The molecule has 1 aliphatic rings. The molecule has 0 unspecified atom stereocenters. The first kappa shape index (κ1) is 56.8. The zero-order valence-electron chi connectivity index (χ0n) is 34.2. The van der Waals surface area contributed by atoms with Gasteiger partial charge in [-0.15, -0.1) is 21.9 Å². The van der Waals surface area contributed by atoms with Crippen molar-refractivity contribution in [3.05, 3.63) is 182 Å². The fourth-order valence-electron chi connectivity index (χ4n) is 7.08. The van der Waals surface area contributed by atoms with Crippen LogP contribution in [0.5, 0.6) is 0 Å². The maximum atomic E-state index is 16.1. The Labute approximate surface area is 392 Å². The van der Waals surface area contributed by atoms with Crippen molar-refractivity contribution in [2.45, 2.75) is 12.8 Å². The maximum Gasteiger partial charge on any atom is 1.00 e. The summed E-state index contributed by atoms with van der Waals surface area (Å²) in [7, 11) is 0. The minimum Gasteiger partial charge on any atom is -0.381 e. The van der Waals surface area contributed by atoms with Crippen LogP contribution in [0.3, 0.4) is 0 Å². The molecule has 0 radical (unpaired) electrons. The molecule has 6 rings (SSSR count). The maximum absolute atomic E-state index is 16.1. The topological polar surface area (TPSA) is 9.23 Å². The standard InChI is InChI=1S/C32H12BF16.C8H3BrF4.C4H8O.Li/c1-5-9-17(34)25(42)13(26(43)18(9)35)33(14-27(44)19(36)10(6-2)20(37)28(14)45,15-29(46)21(38)11(7-3)22(39)30(15)47)16-31(48)23(40)12(8-4)24(41)32(16)49;1-2-3-5(10)7(12)4(9)8(13)6(3)11;1-2-4-5-3-1;/h5-8H,1-4H2;2H,1H2;1-4H2;/q-1;;;+1. The predicted octanol–water partition coefficient (Wildman–Crippen LogP) is 9.31. The Kier molecular flexibility index (Phi) is 18.6. The third kappa shape index (κ3) is 9.09. The molecule has 0 saturated carbocycles. The van der Waals surface area contributed by atoms with E-state index in [0.717, 1.165) is 13.2 Å². The normalized spacial score (nSPS) is 12.1. The quantitative estimate of drug-likeness (QED) is 0.0620. The van der Waals surface area contributed by atoms with Crippen molar-refractivity contribution in [1.29, 1.82) is 0 Å². The molecule has 1 heterocycles. The molecule has 1 saturated heterocycles. The molecule has 1 nitrogen and oxygen atoms in total. The number of benzene rings is 5. The van der Waals surface area contributed by atoms with Crippen LogP contribution in [0.25, 0.3) is 30.4 Å². The molecular weight excluding hydrogens is 1020 g/mol.